The van der Waals surface area contributed by atoms with Crippen LogP contribution in [0.1, 0.15) is 11.1 Å². The number of hydrogen-bond donors (Lipinski definition) is 0. The van der Waals surface area contributed by atoms with Gasteiger partial charge >= 0.3 is 0 Å². The third-order valence-electron chi connectivity index (χ3n) is 10.6. The van der Waals surface area contributed by atoms with Crippen molar-refractivity contribution in [3.8, 4) is 89.8 Å². The molecule has 55 heavy (non-hydrogen) atoms. The van der Waals surface area contributed by atoms with Crippen molar-refractivity contribution in [2.24, 2.45) is 0 Å². The van der Waals surface area contributed by atoms with Gasteiger partial charge in [-0.05, 0) is 97.4 Å². The summed E-state index contributed by atoms with van der Waals surface area (Å²) in [5.41, 5.74) is 17.6. The zero-order chi connectivity index (χ0) is 36.6. The van der Waals surface area contributed by atoms with Crippen LogP contribution in [-0.4, -0.2) is 15.0 Å². The van der Waals surface area contributed by atoms with Gasteiger partial charge in [0.15, 0.2) is 17.5 Å². The highest BCUT2D eigenvalue weighted by Gasteiger charge is 2.25. The molecule has 3 nitrogen and oxygen atoms in total. The van der Waals surface area contributed by atoms with Gasteiger partial charge in [0.05, 0.1) is 0 Å². The lowest BCUT2D eigenvalue weighted by atomic mass is 9.90. The maximum atomic E-state index is 5.16. The Morgan fingerprint density at radius 2 is 0.582 bits per heavy atom. The molecule has 0 saturated heterocycles. The molecule has 0 spiro atoms. The maximum Gasteiger partial charge on any atom is 0.164 e. The summed E-state index contributed by atoms with van der Waals surface area (Å²) in [5, 5.41) is 0. The summed E-state index contributed by atoms with van der Waals surface area (Å²) in [6.07, 6.45) is 0.858. The molecular formula is C52H35N3. The summed E-state index contributed by atoms with van der Waals surface area (Å²) in [4.78, 5) is 15.3. The minimum atomic E-state index is 0.636. The first-order chi connectivity index (χ1) is 27.2. The van der Waals surface area contributed by atoms with E-state index in [4.69, 9.17) is 15.0 Å². The first kappa shape index (κ1) is 32.4. The third kappa shape index (κ3) is 6.22. The highest BCUT2D eigenvalue weighted by atomic mass is 15.0. The Labute approximate surface area is 321 Å². The maximum absolute atomic E-state index is 5.16. The monoisotopic (exact) mass is 701 g/mol. The smallest absolute Gasteiger partial charge is 0.164 e. The fourth-order valence-electron chi connectivity index (χ4n) is 7.92. The summed E-state index contributed by atoms with van der Waals surface area (Å²) >= 11 is 0. The van der Waals surface area contributed by atoms with Crippen LogP contribution in [0.5, 0.6) is 0 Å². The lowest BCUT2D eigenvalue weighted by molar-refractivity contribution is 1.07. The first-order valence-corrected chi connectivity index (χ1v) is 18.7. The van der Waals surface area contributed by atoms with Crippen molar-refractivity contribution in [3.63, 3.8) is 0 Å². The third-order valence-corrected chi connectivity index (χ3v) is 10.6. The molecule has 0 unspecified atom stereocenters. The number of fused-ring (bicyclic) bond motifs is 3. The molecule has 9 aromatic rings. The molecule has 1 aromatic heterocycles. The summed E-state index contributed by atoms with van der Waals surface area (Å²) in [5.74, 6) is 1.93. The molecule has 1 aliphatic carbocycles. The standard InChI is InChI=1S/C52H35N3/c1-5-16-35(17-6-1)39-24-13-25-40(30-39)41-31-42(45-27-15-29-47-46-28-14-26-44(48(46)34-49(45)47)36-18-7-2-8-19-36)33-43(32-41)52-54-50(37-20-9-3-10-21-37)53-51(55-52)38-22-11-4-12-23-38/h1-33H,34H2. The quantitative estimate of drug-likeness (QED) is 0.166. The number of nitrogens with zero attached hydrogens (tertiary/aromatic N) is 3. The highest BCUT2D eigenvalue weighted by Crippen LogP contribution is 2.46. The first-order valence-electron chi connectivity index (χ1n) is 18.7. The van der Waals surface area contributed by atoms with Crippen molar-refractivity contribution < 1.29 is 0 Å². The van der Waals surface area contributed by atoms with Gasteiger partial charge in [-0.3, -0.25) is 0 Å². The Balaban J connectivity index is 1.17. The normalized spacial score (nSPS) is 11.6. The Hall–Kier alpha value is -7.23. The number of hydrogen-bond acceptors (Lipinski definition) is 3. The van der Waals surface area contributed by atoms with Crippen molar-refractivity contribution in [2.45, 2.75) is 6.42 Å². The van der Waals surface area contributed by atoms with Crippen molar-refractivity contribution in [1.29, 1.82) is 0 Å². The van der Waals surface area contributed by atoms with E-state index in [1.165, 1.54) is 50.1 Å². The van der Waals surface area contributed by atoms with Gasteiger partial charge in [0.2, 0.25) is 0 Å². The van der Waals surface area contributed by atoms with Crippen molar-refractivity contribution in [3.05, 3.63) is 211 Å². The van der Waals surface area contributed by atoms with E-state index in [2.05, 4.69) is 164 Å². The molecule has 1 heterocycles. The van der Waals surface area contributed by atoms with E-state index in [0.717, 1.165) is 39.8 Å². The fraction of sp³-hybridized carbons (Fsp3) is 0.0192. The largest absolute Gasteiger partial charge is 0.208 e. The molecule has 3 heteroatoms. The van der Waals surface area contributed by atoms with Crippen LogP contribution in [-0.2, 0) is 6.42 Å². The molecule has 0 bridgehead atoms. The van der Waals surface area contributed by atoms with E-state index in [-0.39, 0.29) is 0 Å². The summed E-state index contributed by atoms with van der Waals surface area (Å²) in [6.45, 7) is 0. The minimum Gasteiger partial charge on any atom is -0.208 e. The van der Waals surface area contributed by atoms with Crippen molar-refractivity contribution in [2.75, 3.05) is 0 Å². The molecule has 0 radical (unpaired) electrons. The molecule has 1 aliphatic rings. The molecule has 0 N–H and O–H groups in total. The van der Waals surface area contributed by atoms with Gasteiger partial charge in [-0.2, -0.15) is 0 Å². The van der Waals surface area contributed by atoms with Gasteiger partial charge in [0, 0.05) is 16.7 Å². The molecular weight excluding hydrogens is 667 g/mol. The summed E-state index contributed by atoms with van der Waals surface area (Å²) in [6, 6.07) is 70.8. The molecule has 0 atom stereocenters. The fourth-order valence-corrected chi connectivity index (χ4v) is 7.92. The Morgan fingerprint density at radius 3 is 1.13 bits per heavy atom. The Morgan fingerprint density at radius 1 is 0.236 bits per heavy atom. The van der Waals surface area contributed by atoms with Crippen LogP contribution < -0.4 is 0 Å². The second-order valence-electron chi connectivity index (χ2n) is 14.0. The van der Waals surface area contributed by atoms with E-state index >= 15 is 0 Å². The topological polar surface area (TPSA) is 38.7 Å². The van der Waals surface area contributed by atoms with Crippen LogP contribution in [0, 0.1) is 0 Å². The van der Waals surface area contributed by atoms with Gasteiger partial charge in [-0.25, -0.2) is 15.0 Å². The highest BCUT2D eigenvalue weighted by molar-refractivity contribution is 5.91. The predicted octanol–water partition coefficient (Wildman–Crippen LogP) is 13.1. The number of benzene rings is 8. The van der Waals surface area contributed by atoms with E-state index in [9.17, 15) is 0 Å². The van der Waals surface area contributed by atoms with Crippen LogP contribution >= 0.6 is 0 Å². The van der Waals surface area contributed by atoms with Gasteiger partial charge < -0.3 is 0 Å². The molecule has 0 amide bonds. The van der Waals surface area contributed by atoms with E-state index in [1.807, 2.05) is 36.4 Å². The van der Waals surface area contributed by atoms with Crippen molar-refractivity contribution >= 4 is 0 Å². The predicted molar refractivity (Wildman–Crippen MR) is 226 cm³/mol. The lowest BCUT2D eigenvalue weighted by Gasteiger charge is -2.15. The number of rotatable bonds is 7. The molecule has 0 fully saturated rings. The Bertz CT molecular complexity index is 2760. The summed E-state index contributed by atoms with van der Waals surface area (Å²) < 4.78 is 0. The van der Waals surface area contributed by atoms with Gasteiger partial charge in [0.1, 0.15) is 0 Å². The molecule has 10 rings (SSSR count). The number of aromatic nitrogens is 3. The van der Waals surface area contributed by atoms with E-state index < -0.39 is 0 Å². The van der Waals surface area contributed by atoms with E-state index in [1.54, 1.807) is 0 Å². The zero-order valence-corrected chi connectivity index (χ0v) is 30.1. The van der Waals surface area contributed by atoms with Crippen LogP contribution in [0.4, 0.5) is 0 Å². The average molecular weight is 702 g/mol. The summed E-state index contributed by atoms with van der Waals surface area (Å²) in [7, 11) is 0. The SMILES string of the molecule is c1ccc(-c2cccc(-c3cc(-c4nc(-c5ccccc5)nc(-c5ccccc5)n4)cc(-c4cccc5c4Cc4c(-c6ccccc6)cccc4-5)c3)c2)cc1. The Kier molecular flexibility index (Phi) is 8.23. The van der Waals surface area contributed by atoms with Gasteiger partial charge in [-0.1, -0.05) is 176 Å². The van der Waals surface area contributed by atoms with Crippen LogP contribution in [0.15, 0.2) is 200 Å². The second kappa shape index (κ2) is 14.0. The van der Waals surface area contributed by atoms with Gasteiger partial charge in [0.25, 0.3) is 0 Å². The molecule has 8 aromatic carbocycles. The molecule has 0 aliphatic heterocycles. The van der Waals surface area contributed by atoms with Gasteiger partial charge in [-0.15, -0.1) is 0 Å². The van der Waals surface area contributed by atoms with Crippen LogP contribution in [0.3, 0.4) is 0 Å². The molecule has 0 saturated carbocycles. The molecule has 258 valence electrons. The van der Waals surface area contributed by atoms with Crippen molar-refractivity contribution in [1.82, 2.24) is 15.0 Å². The second-order valence-corrected chi connectivity index (χ2v) is 14.0. The lowest BCUT2D eigenvalue weighted by Crippen LogP contribution is -2.00. The van der Waals surface area contributed by atoms with Crippen LogP contribution in [0.2, 0.25) is 0 Å². The van der Waals surface area contributed by atoms with Crippen LogP contribution in [0.25, 0.3) is 89.8 Å². The van der Waals surface area contributed by atoms with E-state index in [0.29, 0.717) is 17.5 Å². The minimum absolute atomic E-state index is 0.636. The average Bonchev–Trinajstić information content (AvgIpc) is 3.67. The zero-order valence-electron chi connectivity index (χ0n) is 30.1.